The van der Waals surface area contributed by atoms with Gasteiger partial charge < -0.3 is 10.5 Å². The number of primary amides is 1. The molecule has 1 saturated heterocycles. The number of carbonyl (C=O) groups excluding carboxylic acids is 3. The maximum Gasteiger partial charge on any atom is 0.282 e. The predicted molar refractivity (Wildman–Crippen MR) is 97.8 cm³/mol. The van der Waals surface area contributed by atoms with Crippen LogP contribution in [-0.2, 0) is 14.4 Å². The fourth-order valence-electron chi connectivity index (χ4n) is 2.51. The van der Waals surface area contributed by atoms with Gasteiger partial charge in [-0.2, -0.15) is 0 Å². The van der Waals surface area contributed by atoms with Gasteiger partial charge in [0.15, 0.2) is 6.61 Å². The second-order valence-electron chi connectivity index (χ2n) is 5.71. The summed E-state index contributed by atoms with van der Waals surface area (Å²) in [6.45, 7) is -0.468. The number of amides is 3. The Kier molecular flexibility index (Phi) is 5.03. The topological polar surface area (TPSA) is 145 Å². The molecule has 0 atom stereocenters. The Morgan fingerprint density at radius 1 is 1.21 bits per heavy atom. The van der Waals surface area contributed by atoms with E-state index in [-0.39, 0.29) is 22.6 Å². The second-order valence-corrected chi connectivity index (χ2v) is 5.71. The number of hydrazine groups is 1. The van der Waals surface area contributed by atoms with Gasteiger partial charge in [-0.3, -0.25) is 29.9 Å². The Morgan fingerprint density at radius 3 is 2.57 bits per heavy atom. The third-order valence-corrected chi connectivity index (χ3v) is 3.78. The van der Waals surface area contributed by atoms with E-state index >= 15 is 0 Å². The molecule has 3 amide bonds. The van der Waals surface area contributed by atoms with Gasteiger partial charge in [-0.15, -0.1) is 0 Å². The van der Waals surface area contributed by atoms with Gasteiger partial charge in [0.25, 0.3) is 23.4 Å². The lowest BCUT2D eigenvalue weighted by molar-refractivity contribution is -0.384. The normalized spacial score (nSPS) is 14.9. The highest BCUT2D eigenvalue weighted by atomic mass is 16.6. The first-order valence-corrected chi connectivity index (χ1v) is 7.98. The highest BCUT2D eigenvalue weighted by Crippen LogP contribution is 2.28. The van der Waals surface area contributed by atoms with Crippen LogP contribution in [0.2, 0.25) is 0 Å². The first kappa shape index (κ1) is 18.6. The van der Waals surface area contributed by atoms with Crippen LogP contribution in [0.15, 0.2) is 54.1 Å². The predicted octanol–water partition coefficient (Wildman–Crippen LogP) is 0.920. The third-order valence-electron chi connectivity index (χ3n) is 3.78. The van der Waals surface area contributed by atoms with Gasteiger partial charge in [0, 0.05) is 17.7 Å². The molecule has 0 spiro atoms. The molecule has 0 radical (unpaired) electrons. The van der Waals surface area contributed by atoms with E-state index in [4.69, 9.17) is 10.5 Å². The Bertz CT molecular complexity index is 1000. The summed E-state index contributed by atoms with van der Waals surface area (Å²) in [4.78, 5) is 46.3. The van der Waals surface area contributed by atoms with Gasteiger partial charge in [-0.1, -0.05) is 18.2 Å². The molecule has 2 aromatic carbocycles. The van der Waals surface area contributed by atoms with Crippen molar-refractivity contribution in [2.45, 2.75) is 0 Å². The smallest absolute Gasteiger partial charge is 0.282 e. The number of ether oxygens (including phenoxy) is 1. The molecule has 0 aliphatic carbocycles. The largest absolute Gasteiger partial charge is 0.483 e. The number of nitro benzene ring substituents is 1. The van der Waals surface area contributed by atoms with Gasteiger partial charge >= 0.3 is 0 Å². The number of rotatable bonds is 6. The van der Waals surface area contributed by atoms with Crippen LogP contribution in [0.4, 0.5) is 11.4 Å². The average molecular weight is 382 g/mol. The molecule has 10 heteroatoms. The van der Waals surface area contributed by atoms with Crippen molar-refractivity contribution >= 4 is 35.2 Å². The van der Waals surface area contributed by atoms with Crippen molar-refractivity contribution in [3.8, 4) is 5.75 Å². The zero-order chi connectivity index (χ0) is 20.3. The number of nitro groups is 1. The molecule has 0 aromatic heterocycles. The zero-order valence-electron chi connectivity index (χ0n) is 14.3. The number of benzene rings is 2. The molecule has 1 fully saturated rings. The fraction of sp³-hybridized carbons (Fsp3) is 0.0556. The standard InChI is InChI=1S/C18H14N4O6/c19-16(23)10-28-15-7-6-13(22(26)27)8-11(15)9-14-17(24)20-21(18(14)25)12-4-2-1-3-5-12/h1-9H,10H2,(H2,19,23)(H,20,24)/b14-9-. The number of hydrogen-bond acceptors (Lipinski definition) is 6. The molecule has 2 aromatic rings. The lowest BCUT2D eigenvalue weighted by Crippen LogP contribution is -2.35. The zero-order valence-corrected chi connectivity index (χ0v) is 14.3. The lowest BCUT2D eigenvalue weighted by Gasteiger charge is -2.13. The number of nitrogens with one attached hydrogen (secondary N) is 1. The Labute approximate surface area is 158 Å². The van der Waals surface area contributed by atoms with E-state index in [1.54, 1.807) is 30.3 Å². The quantitative estimate of drug-likeness (QED) is 0.329. The van der Waals surface area contributed by atoms with E-state index in [1.807, 2.05) is 0 Å². The fourth-order valence-corrected chi connectivity index (χ4v) is 2.51. The first-order chi connectivity index (χ1) is 13.4. The molecular weight excluding hydrogens is 368 g/mol. The Hall–Kier alpha value is -4.21. The molecule has 1 aliphatic rings. The molecule has 10 nitrogen and oxygen atoms in total. The van der Waals surface area contributed by atoms with Crippen molar-refractivity contribution < 1.29 is 24.0 Å². The summed E-state index contributed by atoms with van der Waals surface area (Å²) in [7, 11) is 0. The number of non-ortho nitro benzene ring substituents is 1. The molecule has 0 saturated carbocycles. The maximum atomic E-state index is 12.6. The number of carbonyl (C=O) groups is 3. The van der Waals surface area contributed by atoms with E-state index in [9.17, 15) is 24.5 Å². The lowest BCUT2D eigenvalue weighted by atomic mass is 10.1. The molecule has 0 unspecified atom stereocenters. The Morgan fingerprint density at radius 2 is 1.93 bits per heavy atom. The third kappa shape index (κ3) is 3.80. The van der Waals surface area contributed by atoms with Crippen LogP contribution in [0.25, 0.3) is 6.08 Å². The van der Waals surface area contributed by atoms with Crippen LogP contribution in [-0.4, -0.2) is 29.3 Å². The highest BCUT2D eigenvalue weighted by molar-refractivity contribution is 6.31. The van der Waals surface area contributed by atoms with E-state index < -0.39 is 29.3 Å². The number of para-hydroxylation sites is 1. The van der Waals surface area contributed by atoms with Crippen molar-refractivity contribution in [1.29, 1.82) is 0 Å². The van der Waals surface area contributed by atoms with Crippen LogP contribution in [0.3, 0.4) is 0 Å². The minimum atomic E-state index is -0.748. The molecule has 3 rings (SSSR count). The van der Waals surface area contributed by atoms with Gasteiger partial charge in [0.2, 0.25) is 0 Å². The number of nitrogens with zero attached hydrogens (tertiary/aromatic N) is 2. The van der Waals surface area contributed by atoms with Gasteiger partial charge in [-0.25, -0.2) is 5.01 Å². The van der Waals surface area contributed by atoms with Crippen molar-refractivity contribution in [2.24, 2.45) is 5.73 Å². The van der Waals surface area contributed by atoms with Gasteiger partial charge in [0.05, 0.1) is 10.6 Å². The molecule has 142 valence electrons. The van der Waals surface area contributed by atoms with Crippen molar-refractivity contribution in [3.63, 3.8) is 0 Å². The number of nitrogens with two attached hydrogens (primary N) is 1. The molecule has 3 N–H and O–H groups in total. The summed E-state index contributed by atoms with van der Waals surface area (Å²) in [5, 5.41) is 12.1. The molecule has 28 heavy (non-hydrogen) atoms. The van der Waals surface area contributed by atoms with Crippen LogP contribution in [0.5, 0.6) is 5.75 Å². The van der Waals surface area contributed by atoms with E-state index in [2.05, 4.69) is 5.43 Å². The molecule has 1 heterocycles. The second kappa shape index (κ2) is 7.58. The van der Waals surface area contributed by atoms with Crippen molar-refractivity contribution in [1.82, 2.24) is 5.43 Å². The minimum Gasteiger partial charge on any atom is -0.483 e. The van der Waals surface area contributed by atoms with E-state index in [0.717, 1.165) is 11.1 Å². The summed E-state index contributed by atoms with van der Waals surface area (Å²) in [6, 6.07) is 12.0. The average Bonchev–Trinajstić information content (AvgIpc) is 2.95. The highest BCUT2D eigenvalue weighted by Gasteiger charge is 2.34. The van der Waals surface area contributed by atoms with Crippen LogP contribution >= 0.6 is 0 Å². The van der Waals surface area contributed by atoms with Crippen molar-refractivity contribution in [2.75, 3.05) is 11.6 Å². The maximum absolute atomic E-state index is 12.6. The van der Waals surface area contributed by atoms with Crippen LogP contribution in [0.1, 0.15) is 5.56 Å². The molecular formula is C18H14N4O6. The van der Waals surface area contributed by atoms with Crippen molar-refractivity contribution in [3.05, 3.63) is 69.8 Å². The summed E-state index contributed by atoms with van der Waals surface area (Å²) >= 11 is 0. The molecule has 1 aliphatic heterocycles. The number of anilines is 1. The monoisotopic (exact) mass is 382 g/mol. The minimum absolute atomic E-state index is 0.0654. The van der Waals surface area contributed by atoms with Gasteiger partial charge in [-0.05, 0) is 24.3 Å². The number of hydrogen-bond donors (Lipinski definition) is 2. The van der Waals surface area contributed by atoms with Gasteiger partial charge in [0.1, 0.15) is 11.3 Å². The van der Waals surface area contributed by atoms with E-state index in [1.165, 1.54) is 18.2 Å². The van der Waals surface area contributed by atoms with Crippen LogP contribution < -0.4 is 20.9 Å². The summed E-state index contributed by atoms with van der Waals surface area (Å²) in [5.41, 5.74) is 7.49. The van der Waals surface area contributed by atoms with Crippen LogP contribution in [0, 0.1) is 10.1 Å². The summed E-state index contributed by atoms with van der Waals surface area (Å²) in [5.74, 6) is -2.00. The first-order valence-electron chi connectivity index (χ1n) is 7.98. The molecule has 0 bridgehead atoms. The summed E-state index contributed by atoms with van der Waals surface area (Å²) < 4.78 is 5.23. The van der Waals surface area contributed by atoms with E-state index in [0.29, 0.717) is 5.69 Å². The summed E-state index contributed by atoms with van der Waals surface area (Å²) in [6.07, 6.45) is 1.17. The Balaban J connectivity index is 2.00. The SMILES string of the molecule is NC(=O)COc1ccc([N+](=O)[O-])cc1/C=C1/C(=O)NN(c2ccccc2)C1=O.